The van der Waals surface area contributed by atoms with E-state index in [9.17, 15) is 13.6 Å². The molecule has 2 amide bonds. The predicted octanol–water partition coefficient (Wildman–Crippen LogP) is 3.54. The van der Waals surface area contributed by atoms with Crippen molar-refractivity contribution in [3.05, 3.63) is 59.2 Å². The highest BCUT2D eigenvalue weighted by Gasteiger charge is 2.12. The van der Waals surface area contributed by atoms with Crippen LogP contribution in [0, 0.1) is 11.6 Å². The number of carbonyl (C=O) groups is 1. The van der Waals surface area contributed by atoms with Crippen molar-refractivity contribution in [3.8, 4) is 11.5 Å². The van der Waals surface area contributed by atoms with E-state index in [0.717, 1.165) is 17.7 Å². The molecule has 2 aromatic carbocycles. The van der Waals surface area contributed by atoms with Crippen LogP contribution < -0.4 is 20.1 Å². The molecule has 0 radical (unpaired) electrons. The summed E-state index contributed by atoms with van der Waals surface area (Å²) in [7, 11) is 3.08. The molecular weight excluding hydrogens is 330 g/mol. The Morgan fingerprint density at radius 3 is 2.40 bits per heavy atom. The number of hydrogen-bond donors (Lipinski definition) is 2. The largest absolute Gasteiger partial charge is 0.493 e. The average Bonchev–Trinajstić information content (AvgIpc) is 2.61. The molecule has 0 aromatic heterocycles. The smallest absolute Gasteiger partial charge is 0.315 e. The van der Waals surface area contributed by atoms with Crippen molar-refractivity contribution >= 4 is 6.03 Å². The van der Waals surface area contributed by atoms with Crippen LogP contribution in [0.2, 0.25) is 0 Å². The standard InChI is InChI=1S/C18H20F2N2O3/c1-11(13-5-6-14(19)15(20)9-13)22-18(23)21-10-12-4-7-16(24-2)17(8-12)25-3/h4-9,11H,10H2,1-3H3,(H2,21,22,23). The van der Waals surface area contributed by atoms with Gasteiger partial charge < -0.3 is 20.1 Å². The first-order valence-electron chi connectivity index (χ1n) is 7.64. The fourth-order valence-electron chi connectivity index (χ4n) is 2.29. The van der Waals surface area contributed by atoms with E-state index in [1.807, 2.05) is 0 Å². The molecule has 0 spiro atoms. The maximum atomic E-state index is 13.3. The first-order valence-corrected chi connectivity index (χ1v) is 7.64. The summed E-state index contributed by atoms with van der Waals surface area (Å²) in [4.78, 5) is 12.0. The Kier molecular flexibility index (Phi) is 6.16. The minimum absolute atomic E-state index is 0.274. The third-order valence-electron chi connectivity index (χ3n) is 3.69. The second kappa shape index (κ2) is 8.32. The lowest BCUT2D eigenvalue weighted by Crippen LogP contribution is -2.36. The number of amides is 2. The van der Waals surface area contributed by atoms with Crippen molar-refractivity contribution in [1.82, 2.24) is 10.6 Å². The van der Waals surface area contributed by atoms with E-state index in [1.54, 1.807) is 32.2 Å². The molecule has 7 heteroatoms. The molecule has 0 aliphatic rings. The molecule has 0 aliphatic carbocycles. The summed E-state index contributed by atoms with van der Waals surface area (Å²) >= 11 is 0. The van der Waals surface area contributed by atoms with E-state index in [1.165, 1.54) is 13.2 Å². The number of benzene rings is 2. The third-order valence-corrected chi connectivity index (χ3v) is 3.69. The molecule has 5 nitrogen and oxygen atoms in total. The number of hydrogen-bond acceptors (Lipinski definition) is 3. The van der Waals surface area contributed by atoms with Gasteiger partial charge in [0.25, 0.3) is 0 Å². The van der Waals surface area contributed by atoms with Crippen LogP contribution in [-0.2, 0) is 6.54 Å². The number of nitrogens with one attached hydrogen (secondary N) is 2. The first-order chi connectivity index (χ1) is 11.9. The quantitative estimate of drug-likeness (QED) is 0.838. The summed E-state index contributed by atoms with van der Waals surface area (Å²) < 4.78 is 36.6. The Bertz CT molecular complexity index is 753. The Labute approximate surface area is 144 Å². The zero-order chi connectivity index (χ0) is 18.4. The van der Waals surface area contributed by atoms with Gasteiger partial charge in [0.15, 0.2) is 23.1 Å². The molecule has 134 valence electrons. The molecule has 0 heterocycles. The fraction of sp³-hybridized carbons (Fsp3) is 0.278. The summed E-state index contributed by atoms with van der Waals surface area (Å²) in [5, 5.41) is 5.37. The van der Waals surface area contributed by atoms with Crippen molar-refractivity contribution in [1.29, 1.82) is 0 Å². The molecule has 0 saturated heterocycles. The van der Waals surface area contributed by atoms with Gasteiger partial charge in [-0.15, -0.1) is 0 Å². The number of halogens is 2. The van der Waals surface area contributed by atoms with Crippen LogP contribution >= 0.6 is 0 Å². The highest BCUT2D eigenvalue weighted by Crippen LogP contribution is 2.27. The van der Waals surface area contributed by atoms with Gasteiger partial charge in [0, 0.05) is 6.54 Å². The normalized spacial score (nSPS) is 11.6. The minimum atomic E-state index is -0.947. The number of methoxy groups -OCH3 is 2. The lowest BCUT2D eigenvalue weighted by molar-refractivity contribution is 0.237. The number of rotatable bonds is 6. The van der Waals surface area contributed by atoms with Gasteiger partial charge in [0.1, 0.15) is 0 Å². The summed E-state index contributed by atoms with van der Waals surface area (Å²) in [5.41, 5.74) is 1.30. The van der Waals surface area contributed by atoms with Gasteiger partial charge in [0.2, 0.25) is 0 Å². The van der Waals surface area contributed by atoms with Crippen LogP contribution in [-0.4, -0.2) is 20.3 Å². The molecule has 25 heavy (non-hydrogen) atoms. The highest BCUT2D eigenvalue weighted by atomic mass is 19.2. The molecule has 2 N–H and O–H groups in total. The Balaban J connectivity index is 1.93. The summed E-state index contributed by atoms with van der Waals surface area (Å²) in [5.74, 6) is -0.703. The highest BCUT2D eigenvalue weighted by molar-refractivity contribution is 5.74. The molecule has 0 saturated carbocycles. The Hall–Kier alpha value is -2.83. The minimum Gasteiger partial charge on any atom is -0.493 e. The first kappa shape index (κ1) is 18.5. The molecule has 0 bridgehead atoms. The van der Waals surface area contributed by atoms with Gasteiger partial charge in [0.05, 0.1) is 20.3 Å². The second-order valence-electron chi connectivity index (χ2n) is 5.41. The molecule has 2 rings (SSSR count). The number of ether oxygens (including phenoxy) is 2. The maximum absolute atomic E-state index is 13.3. The molecule has 0 aliphatic heterocycles. The number of urea groups is 1. The lowest BCUT2D eigenvalue weighted by Gasteiger charge is -2.16. The SMILES string of the molecule is COc1ccc(CNC(=O)NC(C)c2ccc(F)c(F)c2)cc1OC. The predicted molar refractivity (Wildman–Crippen MR) is 89.7 cm³/mol. The molecular formula is C18H20F2N2O3. The van der Waals surface area contributed by atoms with Gasteiger partial charge in [-0.2, -0.15) is 0 Å². The van der Waals surface area contributed by atoms with Crippen molar-refractivity contribution < 1.29 is 23.0 Å². The van der Waals surface area contributed by atoms with Crippen molar-refractivity contribution in [2.24, 2.45) is 0 Å². The van der Waals surface area contributed by atoms with Gasteiger partial charge in [-0.3, -0.25) is 0 Å². The Morgan fingerprint density at radius 2 is 1.76 bits per heavy atom. The van der Waals surface area contributed by atoms with Crippen LogP contribution in [0.15, 0.2) is 36.4 Å². The van der Waals surface area contributed by atoms with E-state index in [-0.39, 0.29) is 6.54 Å². The summed E-state index contributed by atoms with van der Waals surface area (Å²) in [6.45, 7) is 1.96. The van der Waals surface area contributed by atoms with Gasteiger partial charge in [-0.05, 0) is 42.3 Å². The molecule has 1 atom stereocenters. The molecule has 0 fully saturated rings. The van der Waals surface area contributed by atoms with Crippen LogP contribution in [0.25, 0.3) is 0 Å². The van der Waals surface area contributed by atoms with Crippen LogP contribution in [0.4, 0.5) is 13.6 Å². The van der Waals surface area contributed by atoms with Gasteiger partial charge in [-0.1, -0.05) is 12.1 Å². The number of carbonyl (C=O) groups excluding carboxylic acids is 1. The Morgan fingerprint density at radius 1 is 1.04 bits per heavy atom. The van der Waals surface area contributed by atoms with E-state index < -0.39 is 23.7 Å². The van der Waals surface area contributed by atoms with Crippen LogP contribution in [0.5, 0.6) is 11.5 Å². The van der Waals surface area contributed by atoms with Gasteiger partial charge >= 0.3 is 6.03 Å². The third kappa shape index (κ3) is 4.82. The van der Waals surface area contributed by atoms with E-state index in [4.69, 9.17) is 9.47 Å². The van der Waals surface area contributed by atoms with E-state index in [2.05, 4.69) is 10.6 Å². The maximum Gasteiger partial charge on any atom is 0.315 e. The fourth-order valence-corrected chi connectivity index (χ4v) is 2.29. The van der Waals surface area contributed by atoms with E-state index >= 15 is 0 Å². The zero-order valence-electron chi connectivity index (χ0n) is 14.2. The molecule has 1 unspecified atom stereocenters. The van der Waals surface area contributed by atoms with Crippen molar-refractivity contribution in [2.45, 2.75) is 19.5 Å². The van der Waals surface area contributed by atoms with E-state index in [0.29, 0.717) is 17.1 Å². The molecule has 2 aromatic rings. The average molecular weight is 350 g/mol. The van der Waals surface area contributed by atoms with Crippen LogP contribution in [0.3, 0.4) is 0 Å². The van der Waals surface area contributed by atoms with Crippen LogP contribution in [0.1, 0.15) is 24.1 Å². The summed E-state index contributed by atoms with van der Waals surface area (Å²) in [6, 6.07) is 7.94. The second-order valence-corrected chi connectivity index (χ2v) is 5.41. The monoisotopic (exact) mass is 350 g/mol. The topological polar surface area (TPSA) is 59.6 Å². The van der Waals surface area contributed by atoms with Crippen molar-refractivity contribution in [3.63, 3.8) is 0 Å². The zero-order valence-corrected chi connectivity index (χ0v) is 14.2. The van der Waals surface area contributed by atoms with Gasteiger partial charge in [-0.25, -0.2) is 13.6 Å². The summed E-state index contributed by atoms with van der Waals surface area (Å²) in [6.07, 6.45) is 0. The van der Waals surface area contributed by atoms with Crippen molar-refractivity contribution in [2.75, 3.05) is 14.2 Å². The lowest BCUT2D eigenvalue weighted by atomic mass is 10.1.